The summed E-state index contributed by atoms with van der Waals surface area (Å²) in [7, 11) is 0. The monoisotopic (exact) mass is 325 g/mol. The van der Waals surface area contributed by atoms with Gasteiger partial charge < -0.3 is 10.0 Å². The molecule has 0 aromatic heterocycles. The topological polar surface area (TPSA) is 47.0 Å². The Hall–Kier alpha value is -0.650. The Bertz CT molecular complexity index is 367. The minimum Gasteiger partial charge on any atom is -0.392 e. The molecule has 1 amide bonds. The van der Waals surface area contributed by atoms with Crippen LogP contribution in [0.15, 0.2) is 0 Å². The maximum atomic E-state index is 12.8. The smallest absolute Gasteiger partial charge is 0.239 e. The van der Waals surface area contributed by atoms with Crippen molar-refractivity contribution in [2.75, 3.05) is 39.3 Å². The zero-order chi connectivity index (χ0) is 16.8. The second-order valence-electron chi connectivity index (χ2n) is 7.32. The van der Waals surface area contributed by atoms with Crippen molar-refractivity contribution >= 4 is 5.91 Å². The highest BCUT2D eigenvalue weighted by Crippen LogP contribution is 2.18. The van der Waals surface area contributed by atoms with Gasteiger partial charge in [0.25, 0.3) is 0 Å². The van der Waals surface area contributed by atoms with E-state index in [1.54, 1.807) is 0 Å². The van der Waals surface area contributed by atoms with Crippen molar-refractivity contribution in [2.24, 2.45) is 0 Å². The molecule has 0 aromatic carbocycles. The van der Waals surface area contributed by atoms with Gasteiger partial charge in [-0.15, -0.1) is 0 Å². The molecule has 2 saturated heterocycles. The molecule has 2 heterocycles. The number of hydrogen-bond donors (Lipinski definition) is 1. The minimum absolute atomic E-state index is 0.0177. The van der Waals surface area contributed by atoms with Crippen LogP contribution in [0, 0.1) is 0 Å². The van der Waals surface area contributed by atoms with Crippen LogP contribution >= 0.6 is 0 Å². The summed E-state index contributed by atoms with van der Waals surface area (Å²) in [6.07, 6.45) is 5.60. The van der Waals surface area contributed by atoms with Gasteiger partial charge in [-0.05, 0) is 33.1 Å². The summed E-state index contributed by atoms with van der Waals surface area (Å²) < 4.78 is 0. The minimum atomic E-state index is -0.285. The van der Waals surface area contributed by atoms with Gasteiger partial charge in [0.15, 0.2) is 0 Å². The third-order valence-electron chi connectivity index (χ3n) is 5.43. The van der Waals surface area contributed by atoms with Gasteiger partial charge in [-0.1, -0.05) is 19.8 Å². The standard InChI is InChI=1S/C18H35N3O2/c1-4-17-14-20(11-12-21(17)13-15(2)22)16(3)18(23)19-9-7-5-6-8-10-19/h15-17,22H,4-14H2,1-3H3/t15-,16-,17-/m1/s1. The average molecular weight is 325 g/mol. The van der Waals surface area contributed by atoms with Gasteiger partial charge in [-0.2, -0.15) is 0 Å². The summed E-state index contributed by atoms with van der Waals surface area (Å²) >= 11 is 0. The van der Waals surface area contributed by atoms with Crippen LogP contribution in [0.25, 0.3) is 0 Å². The molecule has 2 aliphatic heterocycles. The summed E-state index contributed by atoms with van der Waals surface area (Å²) in [5.74, 6) is 0.311. The maximum Gasteiger partial charge on any atom is 0.239 e. The van der Waals surface area contributed by atoms with Crippen molar-refractivity contribution in [3.8, 4) is 0 Å². The van der Waals surface area contributed by atoms with Crippen molar-refractivity contribution < 1.29 is 9.90 Å². The fourth-order valence-corrected chi connectivity index (χ4v) is 3.95. The number of amides is 1. The number of piperazine rings is 1. The Morgan fingerprint density at radius 1 is 1.09 bits per heavy atom. The molecule has 0 bridgehead atoms. The first-order valence-electron chi connectivity index (χ1n) is 9.47. The second-order valence-corrected chi connectivity index (χ2v) is 7.32. The van der Waals surface area contributed by atoms with Gasteiger partial charge in [-0.25, -0.2) is 0 Å². The molecule has 1 N–H and O–H groups in total. The summed E-state index contributed by atoms with van der Waals surface area (Å²) in [4.78, 5) is 19.6. The molecule has 2 rings (SSSR count). The highest BCUT2D eigenvalue weighted by Gasteiger charge is 2.33. The molecule has 0 spiro atoms. The molecule has 0 saturated carbocycles. The van der Waals surface area contributed by atoms with E-state index in [2.05, 4.69) is 28.5 Å². The highest BCUT2D eigenvalue weighted by atomic mass is 16.3. The molecule has 0 radical (unpaired) electrons. The fourth-order valence-electron chi connectivity index (χ4n) is 3.95. The van der Waals surface area contributed by atoms with Gasteiger partial charge >= 0.3 is 0 Å². The number of likely N-dealkylation sites (tertiary alicyclic amines) is 1. The Morgan fingerprint density at radius 3 is 2.30 bits per heavy atom. The van der Waals surface area contributed by atoms with Crippen LogP contribution in [0.5, 0.6) is 0 Å². The lowest BCUT2D eigenvalue weighted by atomic mass is 10.1. The third-order valence-corrected chi connectivity index (χ3v) is 5.43. The van der Waals surface area contributed by atoms with E-state index in [9.17, 15) is 9.90 Å². The van der Waals surface area contributed by atoms with Gasteiger partial charge in [0, 0.05) is 45.3 Å². The van der Waals surface area contributed by atoms with Crippen molar-refractivity contribution in [1.82, 2.24) is 14.7 Å². The van der Waals surface area contributed by atoms with E-state index in [1.165, 1.54) is 12.8 Å². The molecular formula is C18H35N3O2. The lowest BCUT2D eigenvalue weighted by Gasteiger charge is -2.44. The largest absolute Gasteiger partial charge is 0.392 e. The zero-order valence-corrected chi connectivity index (χ0v) is 15.2. The molecule has 2 fully saturated rings. The van der Waals surface area contributed by atoms with Crippen molar-refractivity contribution in [3.63, 3.8) is 0 Å². The molecule has 0 aliphatic carbocycles. The van der Waals surface area contributed by atoms with Crippen LogP contribution in [0.3, 0.4) is 0 Å². The van der Waals surface area contributed by atoms with E-state index in [1.807, 2.05) is 6.92 Å². The number of aliphatic hydroxyl groups excluding tert-OH is 1. The second kappa shape index (κ2) is 9.00. The van der Waals surface area contributed by atoms with Gasteiger partial charge in [-0.3, -0.25) is 14.6 Å². The predicted molar refractivity (Wildman–Crippen MR) is 93.4 cm³/mol. The van der Waals surface area contributed by atoms with Crippen LogP contribution in [0.1, 0.15) is 52.9 Å². The summed E-state index contributed by atoms with van der Waals surface area (Å²) in [5.41, 5.74) is 0. The van der Waals surface area contributed by atoms with Crippen LogP contribution in [-0.4, -0.2) is 83.2 Å². The molecule has 5 nitrogen and oxygen atoms in total. The van der Waals surface area contributed by atoms with E-state index in [-0.39, 0.29) is 12.1 Å². The molecule has 0 unspecified atom stereocenters. The Kier molecular flexibility index (Phi) is 7.31. The average Bonchev–Trinajstić information content (AvgIpc) is 2.82. The van der Waals surface area contributed by atoms with E-state index < -0.39 is 0 Å². The van der Waals surface area contributed by atoms with Crippen LogP contribution in [0.2, 0.25) is 0 Å². The summed E-state index contributed by atoms with van der Waals surface area (Å²) in [5, 5.41) is 9.66. The molecule has 3 atom stereocenters. The van der Waals surface area contributed by atoms with Crippen LogP contribution in [0.4, 0.5) is 0 Å². The van der Waals surface area contributed by atoms with Crippen LogP contribution in [-0.2, 0) is 4.79 Å². The molecule has 2 aliphatic rings. The highest BCUT2D eigenvalue weighted by molar-refractivity contribution is 5.81. The predicted octanol–water partition coefficient (Wildman–Crippen LogP) is 1.55. The summed E-state index contributed by atoms with van der Waals surface area (Å²) in [6, 6.07) is 0.425. The lowest BCUT2D eigenvalue weighted by Crippen LogP contribution is -2.59. The normalized spacial score (nSPS) is 27.5. The Labute approximate surface area is 141 Å². The number of hydrogen-bond acceptors (Lipinski definition) is 4. The van der Waals surface area contributed by atoms with E-state index >= 15 is 0 Å². The number of aliphatic hydroxyl groups is 1. The Morgan fingerprint density at radius 2 is 1.74 bits per heavy atom. The third kappa shape index (κ3) is 5.16. The van der Waals surface area contributed by atoms with E-state index in [4.69, 9.17) is 0 Å². The van der Waals surface area contributed by atoms with Gasteiger partial charge in [0.2, 0.25) is 5.91 Å². The molecular weight excluding hydrogens is 290 g/mol. The molecule has 23 heavy (non-hydrogen) atoms. The van der Waals surface area contributed by atoms with Crippen molar-refractivity contribution in [3.05, 3.63) is 0 Å². The number of β-amino-alcohol motifs (C(OH)–C–C–N with tert-alkyl or cyclic N) is 1. The fraction of sp³-hybridized carbons (Fsp3) is 0.944. The number of nitrogens with zero attached hydrogens (tertiary/aromatic N) is 3. The zero-order valence-electron chi connectivity index (χ0n) is 15.2. The SMILES string of the molecule is CC[C@@H]1CN([C@H](C)C(=O)N2CCCCCC2)CCN1C[C@@H](C)O. The quantitative estimate of drug-likeness (QED) is 0.833. The lowest BCUT2D eigenvalue weighted by molar-refractivity contribution is -0.137. The van der Waals surface area contributed by atoms with Crippen LogP contribution < -0.4 is 0 Å². The van der Waals surface area contributed by atoms with Crippen molar-refractivity contribution in [2.45, 2.75) is 71.1 Å². The van der Waals surface area contributed by atoms with Gasteiger partial charge in [0.1, 0.15) is 0 Å². The molecule has 134 valence electrons. The van der Waals surface area contributed by atoms with E-state index in [0.29, 0.717) is 11.9 Å². The number of carbonyl (C=O) groups is 1. The molecule has 5 heteroatoms. The number of carbonyl (C=O) groups excluding carboxylic acids is 1. The van der Waals surface area contributed by atoms with Gasteiger partial charge in [0.05, 0.1) is 12.1 Å². The summed E-state index contributed by atoms with van der Waals surface area (Å²) in [6.45, 7) is 11.5. The first kappa shape index (κ1) is 18.7. The maximum absolute atomic E-state index is 12.8. The van der Waals surface area contributed by atoms with E-state index in [0.717, 1.165) is 58.5 Å². The first-order chi connectivity index (χ1) is 11.0. The first-order valence-corrected chi connectivity index (χ1v) is 9.47. The van der Waals surface area contributed by atoms with Crippen molar-refractivity contribution in [1.29, 1.82) is 0 Å². The number of rotatable bonds is 5. The Balaban J connectivity index is 1.91. The molecule has 0 aromatic rings.